The number of anilines is 1. The van der Waals surface area contributed by atoms with Gasteiger partial charge in [0, 0.05) is 41.3 Å². The van der Waals surface area contributed by atoms with Gasteiger partial charge in [-0.15, -0.1) is 11.3 Å². The van der Waals surface area contributed by atoms with Crippen molar-refractivity contribution in [2.45, 2.75) is 18.6 Å². The number of rotatable bonds is 4. The molecule has 26 heavy (non-hydrogen) atoms. The molecule has 0 aliphatic carbocycles. The highest BCUT2D eigenvalue weighted by Gasteiger charge is 2.39. The highest BCUT2D eigenvalue weighted by Crippen LogP contribution is 2.31. The SMILES string of the molecule is O=C(CN1CCC2(CC1)OCCO2)Nc1nc(-c2ccc(Br)cc2)cs1. The van der Waals surface area contributed by atoms with Gasteiger partial charge in [-0.2, -0.15) is 0 Å². The third-order valence-corrected chi connectivity index (χ3v) is 5.98. The molecule has 2 aromatic rings. The Morgan fingerprint density at radius 1 is 1.23 bits per heavy atom. The van der Waals surface area contributed by atoms with Crippen LogP contribution in [0.5, 0.6) is 0 Å². The Bertz CT molecular complexity index is 764. The summed E-state index contributed by atoms with van der Waals surface area (Å²) in [6, 6.07) is 7.96. The molecular weight excluding hydrogens is 418 g/mol. The fraction of sp³-hybridized carbons (Fsp3) is 0.444. The van der Waals surface area contributed by atoms with Crippen LogP contribution in [-0.2, 0) is 14.3 Å². The number of thiazole rings is 1. The monoisotopic (exact) mass is 437 g/mol. The number of hydrogen-bond acceptors (Lipinski definition) is 6. The van der Waals surface area contributed by atoms with Gasteiger partial charge in [0.05, 0.1) is 25.5 Å². The predicted molar refractivity (Wildman–Crippen MR) is 104 cm³/mol. The summed E-state index contributed by atoms with van der Waals surface area (Å²) in [5.74, 6) is -0.437. The van der Waals surface area contributed by atoms with E-state index in [-0.39, 0.29) is 5.91 Å². The predicted octanol–water partition coefficient (Wildman–Crippen LogP) is 3.35. The van der Waals surface area contributed by atoms with Crippen molar-refractivity contribution in [3.63, 3.8) is 0 Å². The van der Waals surface area contributed by atoms with Gasteiger partial charge < -0.3 is 14.8 Å². The summed E-state index contributed by atoms with van der Waals surface area (Å²) in [5.41, 5.74) is 1.90. The maximum atomic E-state index is 12.3. The number of benzene rings is 1. The number of piperidine rings is 1. The number of carbonyl (C=O) groups is 1. The molecule has 8 heteroatoms. The molecule has 2 aliphatic rings. The molecule has 4 rings (SSSR count). The summed E-state index contributed by atoms with van der Waals surface area (Å²) in [6.45, 7) is 3.31. The third kappa shape index (κ3) is 4.15. The second-order valence-corrected chi connectivity index (χ2v) is 8.25. The van der Waals surface area contributed by atoms with E-state index in [0.29, 0.717) is 24.9 Å². The molecular formula is C18H20BrN3O3S. The molecule has 1 amide bonds. The van der Waals surface area contributed by atoms with Crippen LogP contribution in [-0.4, -0.2) is 54.4 Å². The average molecular weight is 438 g/mol. The van der Waals surface area contributed by atoms with E-state index < -0.39 is 5.79 Å². The van der Waals surface area contributed by atoms with Crippen LogP contribution in [0, 0.1) is 0 Å². The van der Waals surface area contributed by atoms with E-state index in [1.54, 1.807) is 0 Å². The molecule has 6 nitrogen and oxygen atoms in total. The fourth-order valence-corrected chi connectivity index (χ4v) is 4.28. The maximum absolute atomic E-state index is 12.3. The number of aromatic nitrogens is 1. The molecule has 2 fully saturated rings. The lowest BCUT2D eigenvalue weighted by Crippen LogP contribution is -2.47. The largest absolute Gasteiger partial charge is 0.347 e. The van der Waals surface area contributed by atoms with Crippen LogP contribution in [0.15, 0.2) is 34.1 Å². The van der Waals surface area contributed by atoms with Crippen LogP contribution in [0.25, 0.3) is 11.3 Å². The number of hydrogen-bond donors (Lipinski definition) is 1. The zero-order chi connectivity index (χ0) is 18.0. The molecule has 3 heterocycles. The molecule has 1 aromatic heterocycles. The summed E-state index contributed by atoms with van der Waals surface area (Å²) >= 11 is 4.87. The number of likely N-dealkylation sites (tertiary alicyclic amines) is 1. The number of amides is 1. The molecule has 0 unspecified atom stereocenters. The van der Waals surface area contributed by atoms with Crippen molar-refractivity contribution >= 4 is 38.3 Å². The molecule has 1 spiro atoms. The van der Waals surface area contributed by atoms with Gasteiger partial charge in [-0.05, 0) is 12.1 Å². The first-order valence-corrected chi connectivity index (χ1v) is 10.3. The molecule has 0 radical (unpaired) electrons. The smallest absolute Gasteiger partial charge is 0.240 e. The Morgan fingerprint density at radius 3 is 2.62 bits per heavy atom. The fourth-order valence-electron chi connectivity index (χ4n) is 3.28. The first kappa shape index (κ1) is 18.1. The lowest BCUT2D eigenvalue weighted by molar-refractivity contribution is -0.185. The van der Waals surface area contributed by atoms with Gasteiger partial charge in [-0.25, -0.2) is 4.98 Å². The van der Waals surface area contributed by atoms with Gasteiger partial charge in [-0.3, -0.25) is 9.69 Å². The minimum atomic E-state index is -0.401. The van der Waals surface area contributed by atoms with Crippen LogP contribution in [0.1, 0.15) is 12.8 Å². The van der Waals surface area contributed by atoms with Gasteiger partial charge in [0.25, 0.3) is 0 Å². The minimum Gasteiger partial charge on any atom is -0.347 e. The van der Waals surface area contributed by atoms with Gasteiger partial charge in [0.1, 0.15) is 0 Å². The van der Waals surface area contributed by atoms with E-state index in [1.165, 1.54) is 11.3 Å². The molecule has 0 bridgehead atoms. The minimum absolute atomic E-state index is 0.0362. The van der Waals surface area contributed by atoms with Crippen molar-refractivity contribution in [2.24, 2.45) is 0 Å². The first-order chi connectivity index (χ1) is 12.6. The van der Waals surface area contributed by atoms with Crippen molar-refractivity contribution in [3.05, 3.63) is 34.1 Å². The maximum Gasteiger partial charge on any atom is 0.240 e. The summed E-state index contributed by atoms with van der Waals surface area (Å²) < 4.78 is 12.5. The van der Waals surface area contributed by atoms with Crippen LogP contribution >= 0.6 is 27.3 Å². The number of halogens is 1. The zero-order valence-electron chi connectivity index (χ0n) is 14.2. The zero-order valence-corrected chi connectivity index (χ0v) is 16.6. The lowest BCUT2D eigenvalue weighted by Gasteiger charge is -2.37. The molecule has 1 aromatic carbocycles. The normalized spacial score (nSPS) is 19.7. The molecule has 2 saturated heterocycles. The quantitative estimate of drug-likeness (QED) is 0.794. The molecule has 0 saturated carbocycles. The van der Waals surface area contributed by atoms with E-state index in [1.807, 2.05) is 29.6 Å². The third-order valence-electron chi connectivity index (χ3n) is 4.69. The van der Waals surface area contributed by atoms with Crippen molar-refractivity contribution in [1.29, 1.82) is 0 Å². The highest BCUT2D eigenvalue weighted by molar-refractivity contribution is 9.10. The number of ether oxygens (including phenoxy) is 2. The van der Waals surface area contributed by atoms with Gasteiger partial charge in [0.2, 0.25) is 5.91 Å². The van der Waals surface area contributed by atoms with Crippen LogP contribution < -0.4 is 5.32 Å². The van der Waals surface area contributed by atoms with Gasteiger partial charge >= 0.3 is 0 Å². The van der Waals surface area contributed by atoms with Crippen molar-refractivity contribution in [2.75, 3.05) is 38.2 Å². The second kappa shape index (κ2) is 7.74. The molecule has 1 N–H and O–H groups in total. The summed E-state index contributed by atoms with van der Waals surface area (Å²) in [5, 5.41) is 5.49. The Labute approximate surface area is 164 Å². The van der Waals surface area contributed by atoms with Gasteiger partial charge in [0.15, 0.2) is 10.9 Å². The van der Waals surface area contributed by atoms with E-state index in [2.05, 4.69) is 31.1 Å². The van der Waals surface area contributed by atoms with Crippen molar-refractivity contribution < 1.29 is 14.3 Å². The first-order valence-electron chi connectivity index (χ1n) is 8.64. The summed E-state index contributed by atoms with van der Waals surface area (Å²) in [7, 11) is 0. The molecule has 0 atom stereocenters. The van der Waals surface area contributed by atoms with E-state index in [0.717, 1.165) is 41.7 Å². The molecule has 2 aliphatic heterocycles. The molecule has 138 valence electrons. The van der Waals surface area contributed by atoms with Crippen LogP contribution in [0.3, 0.4) is 0 Å². The Kier molecular flexibility index (Phi) is 5.37. The van der Waals surface area contributed by atoms with E-state index >= 15 is 0 Å². The number of carbonyl (C=O) groups excluding carboxylic acids is 1. The van der Waals surface area contributed by atoms with Crippen LogP contribution in [0.4, 0.5) is 5.13 Å². The van der Waals surface area contributed by atoms with Crippen LogP contribution in [0.2, 0.25) is 0 Å². The Balaban J connectivity index is 1.29. The van der Waals surface area contributed by atoms with Crippen molar-refractivity contribution in [1.82, 2.24) is 9.88 Å². The standard InChI is InChI=1S/C18H20BrN3O3S/c19-14-3-1-13(2-4-14)15-12-26-17(20-15)21-16(23)11-22-7-5-18(6-8-22)24-9-10-25-18/h1-4,12H,5-11H2,(H,20,21,23). The average Bonchev–Trinajstić information content (AvgIpc) is 3.28. The van der Waals surface area contributed by atoms with E-state index in [4.69, 9.17) is 9.47 Å². The Morgan fingerprint density at radius 2 is 1.92 bits per heavy atom. The summed E-state index contributed by atoms with van der Waals surface area (Å²) in [4.78, 5) is 19.0. The Hall–Kier alpha value is -1.32. The number of nitrogens with zero attached hydrogens (tertiary/aromatic N) is 2. The van der Waals surface area contributed by atoms with E-state index in [9.17, 15) is 4.79 Å². The topological polar surface area (TPSA) is 63.7 Å². The van der Waals surface area contributed by atoms with Gasteiger partial charge in [-0.1, -0.05) is 28.1 Å². The second-order valence-electron chi connectivity index (χ2n) is 6.48. The summed E-state index contributed by atoms with van der Waals surface area (Å²) in [6.07, 6.45) is 1.62. The van der Waals surface area contributed by atoms with Crippen molar-refractivity contribution in [3.8, 4) is 11.3 Å². The lowest BCUT2D eigenvalue weighted by atomic mass is 10.0. The number of nitrogens with one attached hydrogen (secondary N) is 1. The highest BCUT2D eigenvalue weighted by atomic mass is 79.9.